The van der Waals surface area contributed by atoms with Crippen LogP contribution < -0.4 is 9.46 Å². The van der Waals surface area contributed by atoms with Crippen LogP contribution in [0.15, 0.2) is 65.6 Å². The lowest BCUT2D eigenvalue weighted by Crippen LogP contribution is -2.26. The van der Waals surface area contributed by atoms with Gasteiger partial charge in [-0.15, -0.1) is 0 Å². The van der Waals surface area contributed by atoms with Crippen molar-refractivity contribution in [2.24, 2.45) is 0 Å². The number of fused-ring (bicyclic) bond motifs is 1. The predicted molar refractivity (Wildman–Crippen MR) is 163 cm³/mol. The molecule has 1 saturated heterocycles. The molecule has 2 aliphatic rings. The lowest BCUT2D eigenvalue weighted by atomic mass is 9.86. The van der Waals surface area contributed by atoms with Crippen molar-refractivity contribution >= 4 is 27.5 Å². The maximum atomic E-state index is 14.8. The zero-order valence-electron chi connectivity index (χ0n) is 24.9. The molecule has 5 rings (SSSR count). The number of benzene rings is 3. The van der Waals surface area contributed by atoms with Crippen molar-refractivity contribution in [2.45, 2.75) is 69.9 Å². The van der Waals surface area contributed by atoms with Crippen LogP contribution in [0.5, 0.6) is 5.75 Å². The Kier molecular flexibility index (Phi) is 8.78. The molecule has 43 heavy (non-hydrogen) atoms. The number of sulfonamides is 1. The Morgan fingerprint density at radius 3 is 2.42 bits per heavy atom. The fourth-order valence-electron chi connectivity index (χ4n) is 5.38. The molecule has 0 radical (unpaired) electrons. The van der Waals surface area contributed by atoms with E-state index in [9.17, 15) is 22.4 Å². The SMILES string of the molecule is CC(C)(C)c1ccc(CC(=O)N2Cc3ccc(S(=O)(=O)Nc4ccc(OCCCN5CCCC5=O)cc4F)cc3C2)cc1. The highest BCUT2D eigenvalue weighted by Gasteiger charge is 2.26. The van der Waals surface area contributed by atoms with Gasteiger partial charge in [0.25, 0.3) is 10.0 Å². The van der Waals surface area contributed by atoms with Crippen LogP contribution in [0.1, 0.15) is 62.3 Å². The molecule has 0 spiro atoms. The van der Waals surface area contributed by atoms with Crippen molar-refractivity contribution in [2.75, 3.05) is 24.4 Å². The van der Waals surface area contributed by atoms with Crippen LogP contribution >= 0.6 is 0 Å². The van der Waals surface area contributed by atoms with Crippen LogP contribution in [0.3, 0.4) is 0 Å². The normalized spacial score (nSPS) is 15.1. The fourth-order valence-corrected chi connectivity index (χ4v) is 6.50. The molecular formula is C33H38FN3O5S. The van der Waals surface area contributed by atoms with E-state index in [1.54, 1.807) is 21.9 Å². The maximum Gasteiger partial charge on any atom is 0.261 e. The largest absolute Gasteiger partial charge is 0.493 e. The molecule has 2 heterocycles. The Balaban J connectivity index is 1.16. The van der Waals surface area contributed by atoms with Crippen LogP contribution in [0, 0.1) is 5.82 Å². The van der Waals surface area contributed by atoms with Gasteiger partial charge in [-0.1, -0.05) is 51.1 Å². The highest BCUT2D eigenvalue weighted by Crippen LogP contribution is 2.29. The summed E-state index contributed by atoms with van der Waals surface area (Å²) in [4.78, 5) is 28.2. The molecule has 1 N–H and O–H groups in total. The second-order valence-corrected chi connectivity index (χ2v) is 13.9. The zero-order valence-corrected chi connectivity index (χ0v) is 25.7. The van der Waals surface area contributed by atoms with Crippen molar-refractivity contribution in [3.05, 3.63) is 88.7 Å². The lowest BCUT2D eigenvalue weighted by Gasteiger charge is -2.19. The van der Waals surface area contributed by atoms with Gasteiger partial charge in [-0.2, -0.15) is 0 Å². The van der Waals surface area contributed by atoms with Gasteiger partial charge in [-0.05, 0) is 64.8 Å². The number of rotatable bonds is 10. The van der Waals surface area contributed by atoms with E-state index < -0.39 is 15.8 Å². The van der Waals surface area contributed by atoms with E-state index in [-0.39, 0.29) is 40.0 Å². The highest BCUT2D eigenvalue weighted by atomic mass is 32.2. The summed E-state index contributed by atoms with van der Waals surface area (Å²) in [6.07, 6.45) is 2.34. The molecule has 0 unspecified atom stereocenters. The van der Waals surface area contributed by atoms with E-state index in [0.29, 0.717) is 39.1 Å². The minimum absolute atomic E-state index is 0.00509. The van der Waals surface area contributed by atoms with Gasteiger partial charge >= 0.3 is 0 Å². The minimum Gasteiger partial charge on any atom is -0.493 e. The smallest absolute Gasteiger partial charge is 0.261 e. The molecule has 3 aromatic rings. The summed E-state index contributed by atoms with van der Waals surface area (Å²) in [6.45, 7) is 8.82. The number of hydrogen-bond donors (Lipinski definition) is 1. The van der Waals surface area contributed by atoms with Crippen molar-refractivity contribution < 1.29 is 27.1 Å². The highest BCUT2D eigenvalue weighted by molar-refractivity contribution is 7.92. The van der Waals surface area contributed by atoms with Crippen LogP contribution in [-0.2, 0) is 44.5 Å². The van der Waals surface area contributed by atoms with E-state index >= 15 is 0 Å². The van der Waals surface area contributed by atoms with Gasteiger partial charge in [0, 0.05) is 38.7 Å². The monoisotopic (exact) mass is 607 g/mol. The first kappa shape index (κ1) is 30.5. The number of carbonyl (C=O) groups is 2. The summed E-state index contributed by atoms with van der Waals surface area (Å²) in [5, 5.41) is 0. The number of halogens is 1. The summed E-state index contributed by atoms with van der Waals surface area (Å²) in [5.74, 6) is -0.365. The first-order valence-electron chi connectivity index (χ1n) is 14.6. The summed E-state index contributed by atoms with van der Waals surface area (Å²) in [6, 6.07) is 16.8. The predicted octanol–water partition coefficient (Wildman–Crippen LogP) is 5.40. The van der Waals surface area contributed by atoms with E-state index in [2.05, 4.69) is 37.6 Å². The summed E-state index contributed by atoms with van der Waals surface area (Å²) in [5.41, 5.74) is 3.61. The van der Waals surface area contributed by atoms with Crippen LogP contribution in [0.25, 0.3) is 0 Å². The van der Waals surface area contributed by atoms with Crippen molar-refractivity contribution in [1.29, 1.82) is 0 Å². The number of anilines is 1. The van der Waals surface area contributed by atoms with Crippen LogP contribution in [-0.4, -0.2) is 49.7 Å². The number of nitrogens with zero attached hydrogens (tertiary/aromatic N) is 2. The quantitative estimate of drug-likeness (QED) is 0.312. The molecule has 10 heteroatoms. The third-order valence-electron chi connectivity index (χ3n) is 7.94. The van der Waals surface area contributed by atoms with Gasteiger partial charge in [0.2, 0.25) is 11.8 Å². The topological polar surface area (TPSA) is 96.0 Å². The van der Waals surface area contributed by atoms with Crippen molar-refractivity contribution in [1.82, 2.24) is 9.80 Å². The maximum absolute atomic E-state index is 14.8. The van der Waals surface area contributed by atoms with Gasteiger partial charge in [0.1, 0.15) is 5.75 Å². The molecule has 8 nitrogen and oxygen atoms in total. The minimum atomic E-state index is -4.08. The van der Waals surface area contributed by atoms with Gasteiger partial charge in [-0.3, -0.25) is 14.3 Å². The summed E-state index contributed by atoms with van der Waals surface area (Å²) >= 11 is 0. The average Bonchev–Trinajstić information content (AvgIpc) is 3.57. The van der Waals surface area contributed by atoms with Crippen LogP contribution in [0.2, 0.25) is 0 Å². The molecule has 0 aliphatic carbocycles. The molecule has 0 saturated carbocycles. The zero-order chi connectivity index (χ0) is 30.8. The van der Waals surface area contributed by atoms with Gasteiger partial charge in [-0.25, -0.2) is 12.8 Å². The molecule has 3 aromatic carbocycles. The Hall–Kier alpha value is -3.92. The fraction of sp³-hybridized carbons (Fsp3) is 0.394. The Morgan fingerprint density at radius 1 is 1.00 bits per heavy atom. The second kappa shape index (κ2) is 12.4. The summed E-state index contributed by atoms with van der Waals surface area (Å²) < 4.78 is 49.0. The first-order chi connectivity index (χ1) is 20.4. The second-order valence-electron chi connectivity index (χ2n) is 12.2. The third-order valence-corrected chi connectivity index (χ3v) is 9.30. The van der Waals surface area contributed by atoms with Crippen molar-refractivity contribution in [3.63, 3.8) is 0 Å². The molecule has 1 fully saturated rings. The molecule has 0 aromatic heterocycles. The van der Waals surface area contributed by atoms with Gasteiger partial charge in [0.05, 0.1) is 23.6 Å². The number of likely N-dealkylation sites (tertiary alicyclic amines) is 1. The number of hydrogen-bond acceptors (Lipinski definition) is 5. The first-order valence-corrected chi connectivity index (χ1v) is 16.1. The van der Waals surface area contributed by atoms with Gasteiger partial charge in [0.15, 0.2) is 5.82 Å². The Bertz CT molecular complexity index is 1620. The van der Waals surface area contributed by atoms with E-state index in [0.717, 1.165) is 35.7 Å². The average molecular weight is 608 g/mol. The van der Waals surface area contributed by atoms with E-state index in [1.165, 1.54) is 23.8 Å². The molecule has 228 valence electrons. The molecule has 0 bridgehead atoms. The van der Waals surface area contributed by atoms with Crippen molar-refractivity contribution in [3.8, 4) is 5.75 Å². The molecule has 2 amide bonds. The lowest BCUT2D eigenvalue weighted by molar-refractivity contribution is -0.131. The third kappa shape index (κ3) is 7.36. The van der Waals surface area contributed by atoms with Crippen LogP contribution in [0.4, 0.5) is 10.1 Å². The Morgan fingerprint density at radius 2 is 1.74 bits per heavy atom. The number of carbonyl (C=O) groups excluding carboxylic acids is 2. The van der Waals surface area contributed by atoms with E-state index in [4.69, 9.17) is 4.74 Å². The standard InChI is InChI=1S/C33H38FN3O5S/c1-33(2,3)26-10-7-23(8-11-26)18-32(39)37-21-24-9-13-28(19-25(24)22-37)43(40,41)35-30-14-12-27(20-29(30)34)42-17-5-16-36-15-4-6-31(36)38/h7-14,19-20,35H,4-6,15-18,21-22H2,1-3H3. The molecular weight excluding hydrogens is 569 g/mol. The van der Waals surface area contributed by atoms with Gasteiger partial charge < -0.3 is 14.5 Å². The molecule has 0 atom stereocenters. The summed E-state index contributed by atoms with van der Waals surface area (Å²) in [7, 11) is -4.08. The van der Waals surface area contributed by atoms with E-state index in [1.807, 2.05) is 12.1 Å². The number of ether oxygens (including phenoxy) is 1. The molecule has 2 aliphatic heterocycles. The number of nitrogens with one attached hydrogen (secondary N) is 1. The number of amides is 2. The Labute approximate surface area is 252 Å².